The maximum Gasteiger partial charge on any atom is 0.00796 e. The van der Waals surface area contributed by atoms with Gasteiger partial charge in [0, 0.05) is 13.1 Å². The van der Waals surface area contributed by atoms with Crippen LogP contribution in [0.5, 0.6) is 0 Å². The highest BCUT2D eigenvalue weighted by Gasteiger charge is 2.15. The Bertz CT molecular complexity index is 92.5. The molecule has 1 heterocycles. The van der Waals surface area contributed by atoms with E-state index in [-0.39, 0.29) is 0 Å². The molecule has 0 radical (unpaired) electrons. The lowest BCUT2D eigenvalue weighted by Gasteiger charge is -2.03. The van der Waals surface area contributed by atoms with Crippen LogP contribution in [0.4, 0.5) is 0 Å². The van der Waals surface area contributed by atoms with E-state index < -0.39 is 0 Å². The number of hydrogen-bond donors (Lipinski definition) is 0. The molecule has 46 valence electrons. The lowest BCUT2D eigenvalue weighted by Crippen LogP contribution is -2.04. The SMILES string of the molecule is C=C[C@H]1CCN(P)C1. The third-order valence-electron chi connectivity index (χ3n) is 1.59. The van der Waals surface area contributed by atoms with E-state index in [0.29, 0.717) is 0 Å². The van der Waals surface area contributed by atoms with Crippen molar-refractivity contribution in [3.05, 3.63) is 12.7 Å². The van der Waals surface area contributed by atoms with Crippen LogP contribution in [0, 0.1) is 5.92 Å². The minimum absolute atomic E-state index is 0.743. The van der Waals surface area contributed by atoms with Gasteiger partial charge in [0.1, 0.15) is 0 Å². The van der Waals surface area contributed by atoms with E-state index in [1.807, 2.05) is 6.08 Å². The van der Waals surface area contributed by atoms with Crippen molar-refractivity contribution in [1.29, 1.82) is 0 Å². The first kappa shape index (κ1) is 6.25. The second kappa shape index (κ2) is 2.61. The van der Waals surface area contributed by atoms with Crippen molar-refractivity contribution in [2.45, 2.75) is 6.42 Å². The average Bonchev–Trinajstić information content (AvgIpc) is 2.14. The van der Waals surface area contributed by atoms with Gasteiger partial charge in [-0.15, -0.1) is 6.58 Å². The molecule has 1 aliphatic heterocycles. The van der Waals surface area contributed by atoms with Gasteiger partial charge in [-0.2, -0.15) is 0 Å². The van der Waals surface area contributed by atoms with E-state index in [2.05, 4.69) is 20.6 Å². The summed E-state index contributed by atoms with van der Waals surface area (Å²) in [4.78, 5) is 0. The van der Waals surface area contributed by atoms with Crippen LogP contribution in [0.15, 0.2) is 12.7 Å². The summed E-state index contributed by atoms with van der Waals surface area (Å²) < 4.78 is 2.26. The molecule has 0 spiro atoms. The summed E-state index contributed by atoms with van der Waals surface area (Å²) in [7, 11) is 2.71. The summed E-state index contributed by atoms with van der Waals surface area (Å²) in [6.45, 7) is 6.13. The van der Waals surface area contributed by atoms with Crippen molar-refractivity contribution in [3.8, 4) is 0 Å². The quantitative estimate of drug-likeness (QED) is 0.381. The van der Waals surface area contributed by atoms with Crippen LogP contribution in [0.3, 0.4) is 0 Å². The Balaban J connectivity index is 2.32. The molecule has 0 aromatic heterocycles. The summed E-state index contributed by atoms with van der Waals surface area (Å²) in [6, 6.07) is 0. The van der Waals surface area contributed by atoms with Gasteiger partial charge in [0.2, 0.25) is 0 Å². The minimum Gasteiger partial charge on any atom is -0.287 e. The first-order valence-corrected chi connectivity index (χ1v) is 3.47. The summed E-state index contributed by atoms with van der Waals surface area (Å²) in [5, 5.41) is 0. The lowest BCUT2D eigenvalue weighted by molar-refractivity contribution is 0.567. The van der Waals surface area contributed by atoms with Gasteiger partial charge >= 0.3 is 0 Å². The van der Waals surface area contributed by atoms with Crippen LogP contribution >= 0.6 is 9.39 Å². The van der Waals surface area contributed by atoms with E-state index in [1.54, 1.807) is 0 Å². The number of hydrogen-bond acceptors (Lipinski definition) is 1. The second-order valence-corrected chi connectivity index (χ2v) is 3.01. The normalized spacial score (nSPS) is 30.9. The van der Waals surface area contributed by atoms with Crippen LogP contribution in [0.2, 0.25) is 0 Å². The molecule has 2 atom stereocenters. The van der Waals surface area contributed by atoms with Crippen LogP contribution in [0.25, 0.3) is 0 Å². The van der Waals surface area contributed by atoms with Crippen molar-refractivity contribution in [2.75, 3.05) is 13.1 Å². The highest BCUT2D eigenvalue weighted by atomic mass is 31.0. The Labute approximate surface area is 53.0 Å². The van der Waals surface area contributed by atoms with Gasteiger partial charge in [-0.05, 0) is 12.3 Å². The highest BCUT2D eigenvalue weighted by Crippen LogP contribution is 2.18. The Morgan fingerprint density at radius 1 is 1.75 bits per heavy atom. The van der Waals surface area contributed by atoms with Crippen molar-refractivity contribution in [3.63, 3.8) is 0 Å². The Morgan fingerprint density at radius 2 is 2.50 bits per heavy atom. The smallest absolute Gasteiger partial charge is 0.00796 e. The van der Waals surface area contributed by atoms with Gasteiger partial charge < -0.3 is 0 Å². The zero-order valence-electron chi connectivity index (χ0n) is 5.01. The first-order valence-electron chi connectivity index (χ1n) is 2.95. The van der Waals surface area contributed by atoms with Crippen LogP contribution < -0.4 is 0 Å². The van der Waals surface area contributed by atoms with Crippen molar-refractivity contribution in [1.82, 2.24) is 4.67 Å². The largest absolute Gasteiger partial charge is 0.287 e. The maximum atomic E-state index is 3.74. The average molecular weight is 129 g/mol. The summed E-state index contributed by atoms with van der Waals surface area (Å²) in [6.07, 6.45) is 3.33. The van der Waals surface area contributed by atoms with Crippen molar-refractivity contribution >= 4 is 9.39 Å². The molecule has 1 rings (SSSR count). The van der Waals surface area contributed by atoms with Gasteiger partial charge in [-0.3, -0.25) is 4.67 Å². The molecule has 1 unspecified atom stereocenters. The van der Waals surface area contributed by atoms with E-state index in [0.717, 1.165) is 5.92 Å². The minimum atomic E-state index is 0.743. The molecule has 1 saturated heterocycles. The summed E-state index contributed by atoms with van der Waals surface area (Å²) >= 11 is 0. The molecule has 0 aromatic rings. The topological polar surface area (TPSA) is 3.24 Å². The predicted molar refractivity (Wildman–Crippen MR) is 39.6 cm³/mol. The van der Waals surface area contributed by atoms with Gasteiger partial charge in [0.05, 0.1) is 0 Å². The van der Waals surface area contributed by atoms with Crippen LogP contribution in [-0.4, -0.2) is 17.8 Å². The van der Waals surface area contributed by atoms with E-state index in [4.69, 9.17) is 0 Å². The fraction of sp³-hybridized carbons (Fsp3) is 0.667. The third-order valence-corrected chi connectivity index (χ3v) is 2.06. The van der Waals surface area contributed by atoms with Gasteiger partial charge in [0.25, 0.3) is 0 Å². The molecule has 1 fully saturated rings. The fourth-order valence-corrected chi connectivity index (χ4v) is 1.43. The molecule has 1 nitrogen and oxygen atoms in total. The predicted octanol–water partition coefficient (Wildman–Crippen LogP) is 1.28. The molecular formula is C6H12NP. The zero-order valence-corrected chi connectivity index (χ0v) is 6.16. The van der Waals surface area contributed by atoms with E-state index in [1.165, 1.54) is 19.5 Å². The molecule has 0 saturated carbocycles. The van der Waals surface area contributed by atoms with Crippen LogP contribution in [0.1, 0.15) is 6.42 Å². The Hall–Kier alpha value is 0.130. The maximum absolute atomic E-state index is 3.74. The molecule has 8 heavy (non-hydrogen) atoms. The standard InChI is InChI=1S/C6H12NP/c1-2-6-3-4-7(8)5-6/h2,6H,1,3-5,8H2/t6-/m0/s1. The van der Waals surface area contributed by atoms with Crippen molar-refractivity contribution in [2.24, 2.45) is 5.92 Å². The zero-order chi connectivity index (χ0) is 5.98. The number of nitrogens with zero attached hydrogens (tertiary/aromatic N) is 1. The lowest BCUT2D eigenvalue weighted by atomic mass is 10.1. The first-order chi connectivity index (χ1) is 3.83. The monoisotopic (exact) mass is 129 g/mol. The fourth-order valence-electron chi connectivity index (χ4n) is 1.01. The molecule has 0 N–H and O–H groups in total. The van der Waals surface area contributed by atoms with Gasteiger partial charge in [0.15, 0.2) is 0 Å². The molecule has 0 bridgehead atoms. The molecule has 2 heteroatoms. The Kier molecular flexibility index (Phi) is 2.04. The van der Waals surface area contributed by atoms with Gasteiger partial charge in [-0.1, -0.05) is 15.5 Å². The molecule has 1 aliphatic rings. The second-order valence-electron chi connectivity index (χ2n) is 2.28. The summed E-state index contributed by atoms with van der Waals surface area (Å²) in [5.74, 6) is 0.743. The van der Waals surface area contributed by atoms with E-state index in [9.17, 15) is 0 Å². The van der Waals surface area contributed by atoms with Gasteiger partial charge in [-0.25, -0.2) is 0 Å². The van der Waals surface area contributed by atoms with Crippen LogP contribution in [-0.2, 0) is 0 Å². The Morgan fingerprint density at radius 3 is 2.75 bits per heavy atom. The number of rotatable bonds is 1. The molecule has 0 aromatic carbocycles. The third kappa shape index (κ3) is 1.30. The van der Waals surface area contributed by atoms with Crippen molar-refractivity contribution < 1.29 is 0 Å². The highest BCUT2D eigenvalue weighted by molar-refractivity contribution is 7.13. The molecular weight excluding hydrogens is 117 g/mol. The summed E-state index contributed by atoms with van der Waals surface area (Å²) in [5.41, 5.74) is 0. The van der Waals surface area contributed by atoms with E-state index >= 15 is 0 Å². The molecule has 0 aliphatic carbocycles. The molecule has 0 amide bonds.